The Morgan fingerprint density at radius 1 is 1.24 bits per heavy atom. The van der Waals surface area contributed by atoms with Gasteiger partial charge in [-0.15, -0.1) is 0 Å². The number of anilines is 1. The lowest BCUT2D eigenvalue weighted by molar-refractivity contribution is 0.229. The van der Waals surface area contributed by atoms with Crippen molar-refractivity contribution in [2.75, 3.05) is 5.73 Å². The Morgan fingerprint density at radius 3 is 2.53 bits per heavy atom. The van der Waals surface area contributed by atoms with Gasteiger partial charge in [0.25, 0.3) is 0 Å². The number of nitrogen functional groups attached to an aromatic ring is 1. The summed E-state index contributed by atoms with van der Waals surface area (Å²) < 4.78 is 0. The number of hydrogen-bond donors (Lipinski definition) is 1. The van der Waals surface area contributed by atoms with Gasteiger partial charge in [0.05, 0.1) is 0 Å². The van der Waals surface area contributed by atoms with E-state index in [-0.39, 0.29) is 5.41 Å². The maximum atomic E-state index is 5.94. The second-order valence-corrected chi connectivity index (χ2v) is 6.50. The predicted octanol–water partition coefficient (Wildman–Crippen LogP) is 3.29. The standard InChI is InChI=1S/C14H21N3/c1-13(2)5-10(6-14(3,4)8-13)11-7-16-9-17-12(11)15/h5,7,9H,6,8H2,1-4H3,(H2,15,16,17). The van der Waals surface area contributed by atoms with E-state index in [0.29, 0.717) is 11.2 Å². The molecule has 0 atom stereocenters. The number of nitrogens with two attached hydrogens (primary N) is 1. The van der Waals surface area contributed by atoms with E-state index in [1.54, 1.807) is 0 Å². The number of allylic oxidation sites excluding steroid dienone is 2. The lowest BCUT2D eigenvalue weighted by atomic mass is 9.66. The van der Waals surface area contributed by atoms with E-state index in [1.807, 2.05) is 6.20 Å². The van der Waals surface area contributed by atoms with Crippen molar-refractivity contribution in [2.24, 2.45) is 10.8 Å². The van der Waals surface area contributed by atoms with Gasteiger partial charge in [-0.1, -0.05) is 33.8 Å². The first-order valence-corrected chi connectivity index (χ1v) is 6.07. The van der Waals surface area contributed by atoms with Crippen molar-refractivity contribution in [2.45, 2.75) is 40.5 Å². The monoisotopic (exact) mass is 231 g/mol. The van der Waals surface area contributed by atoms with E-state index in [4.69, 9.17) is 5.73 Å². The highest BCUT2D eigenvalue weighted by atomic mass is 14.9. The minimum atomic E-state index is 0.208. The normalized spacial score (nSPS) is 22.0. The molecule has 0 aliphatic heterocycles. The molecule has 2 rings (SSSR count). The van der Waals surface area contributed by atoms with Crippen LogP contribution in [0.25, 0.3) is 5.57 Å². The highest BCUT2D eigenvalue weighted by Crippen LogP contribution is 2.47. The van der Waals surface area contributed by atoms with E-state index < -0.39 is 0 Å². The molecule has 1 aliphatic carbocycles. The van der Waals surface area contributed by atoms with Crippen molar-refractivity contribution in [3.05, 3.63) is 24.2 Å². The van der Waals surface area contributed by atoms with Crippen LogP contribution in [0.15, 0.2) is 18.6 Å². The first-order chi connectivity index (χ1) is 7.79. The molecule has 1 aliphatic rings. The summed E-state index contributed by atoms with van der Waals surface area (Å²) in [6.07, 6.45) is 7.88. The van der Waals surface area contributed by atoms with Gasteiger partial charge in [-0.25, -0.2) is 9.97 Å². The van der Waals surface area contributed by atoms with E-state index in [2.05, 4.69) is 43.7 Å². The number of rotatable bonds is 1. The van der Waals surface area contributed by atoms with E-state index >= 15 is 0 Å². The van der Waals surface area contributed by atoms with Crippen LogP contribution in [-0.4, -0.2) is 9.97 Å². The quantitative estimate of drug-likeness (QED) is 0.807. The number of nitrogens with zero attached hydrogens (tertiary/aromatic N) is 2. The average molecular weight is 231 g/mol. The van der Waals surface area contributed by atoms with Gasteiger partial charge in [0, 0.05) is 11.8 Å². The van der Waals surface area contributed by atoms with Crippen LogP contribution in [0, 0.1) is 10.8 Å². The minimum Gasteiger partial charge on any atom is -0.383 e. The Bertz CT molecular complexity index is 458. The van der Waals surface area contributed by atoms with Crippen LogP contribution in [0.3, 0.4) is 0 Å². The molecule has 1 aromatic rings. The zero-order chi connectivity index (χ0) is 12.7. The molecule has 0 unspecified atom stereocenters. The van der Waals surface area contributed by atoms with Crippen LogP contribution in [0.4, 0.5) is 5.82 Å². The third kappa shape index (κ3) is 2.65. The van der Waals surface area contributed by atoms with Crippen molar-refractivity contribution in [1.29, 1.82) is 0 Å². The SMILES string of the molecule is CC1(C)C=C(c2cncnc2N)CC(C)(C)C1. The Kier molecular flexibility index (Phi) is 2.72. The van der Waals surface area contributed by atoms with Gasteiger partial charge < -0.3 is 5.73 Å². The Balaban J connectivity index is 2.46. The summed E-state index contributed by atoms with van der Waals surface area (Å²) in [6.45, 7) is 9.16. The molecule has 0 bridgehead atoms. The van der Waals surface area contributed by atoms with Crippen LogP contribution >= 0.6 is 0 Å². The lowest BCUT2D eigenvalue weighted by Gasteiger charge is -2.39. The molecule has 1 heterocycles. The van der Waals surface area contributed by atoms with Gasteiger partial charge in [-0.2, -0.15) is 0 Å². The zero-order valence-electron chi connectivity index (χ0n) is 11.1. The summed E-state index contributed by atoms with van der Waals surface area (Å²) in [5.41, 5.74) is 8.72. The maximum absolute atomic E-state index is 5.94. The molecule has 92 valence electrons. The number of hydrogen-bond acceptors (Lipinski definition) is 3. The second-order valence-electron chi connectivity index (χ2n) is 6.50. The summed E-state index contributed by atoms with van der Waals surface area (Å²) in [5.74, 6) is 0.583. The molecule has 0 amide bonds. The summed E-state index contributed by atoms with van der Waals surface area (Å²) in [7, 11) is 0. The Morgan fingerprint density at radius 2 is 1.94 bits per heavy atom. The molecule has 3 heteroatoms. The van der Waals surface area contributed by atoms with Crippen molar-refractivity contribution in [1.82, 2.24) is 9.97 Å². The van der Waals surface area contributed by atoms with E-state index in [0.717, 1.165) is 12.0 Å². The van der Waals surface area contributed by atoms with Gasteiger partial charge in [0.1, 0.15) is 12.1 Å². The van der Waals surface area contributed by atoms with E-state index in [9.17, 15) is 0 Å². The fourth-order valence-corrected chi connectivity index (χ4v) is 3.14. The summed E-state index contributed by atoms with van der Waals surface area (Å²) in [5, 5.41) is 0. The molecule has 17 heavy (non-hydrogen) atoms. The highest BCUT2D eigenvalue weighted by molar-refractivity contribution is 5.73. The van der Waals surface area contributed by atoms with Crippen LogP contribution in [0.1, 0.15) is 46.1 Å². The fraction of sp³-hybridized carbons (Fsp3) is 0.571. The van der Waals surface area contributed by atoms with Crippen LogP contribution in [0.2, 0.25) is 0 Å². The molecule has 0 saturated carbocycles. The highest BCUT2D eigenvalue weighted by Gasteiger charge is 2.34. The third-order valence-corrected chi connectivity index (χ3v) is 3.26. The van der Waals surface area contributed by atoms with Crippen LogP contribution in [-0.2, 0) is 0 Å². The van der Waals surface area contributed by atoms with Crippen molar-refractivity contribution >= 4 is 11.4 Å². The van der Waals surface area contributed by atoms with Crippen molar-refractivity contribution in [3.63, 3.8) is 0 Å². The molecule has 1 aromatic heterocycles. The molecule has 0 radical (unpaired) electrons. The molecular formula is C14H21N3. The third-order valence-electron chi connectivity index (χ3n) is 3.26. The maximum Gasteiger partial charge on any atom is 0.134 e. The zero-order valence-corrected chi connectivity index (χ0v) is 11.1. The summed E-state index contributed by atoms with van der Waals surface area (Å²) >= 11 is 0. The molecular weight excluding hydrogens is 210 g/mol. The first-order valence-electron chi connectivity index (χ1n) is 6.07. The van der Waals surface area contributed by atoms with Crippen LogP contribution in [0.5, 0.6) is 0 Å². The largest absolute Gasteiger partial charge is 0.383 e. The molecule has 0 spiro atoms. The lowest BCUT2D eigenvalue weighted by Crippen LogP contribution is -2.27. The van der Waals surface area contributed by atoms with Gasteiger partial charge in [-0.05, 0) is 29.2 Å². The molecule has 2 N–H and O–H groups in total. The van der Waals surface area contributed by atoms with Gasteiger partial charge >= 0.3 is 0 Å². The smallest absolute Gasteiger partial charge is 0.134 e. The summed E-state index contributed by atoms with van der Waals surface area (Å²) in [6, 6.07) is 0. The Hall–Kier alpha value is -1.38. The second kappa shape index (κ2) is 3.83. The van der Waals surface area contributed by atoms with Crippen molar-refractivity contribution in [3.8, 4) is 0 Å². The fourth-order valence-electron chi connectivity index (χ4n) is 3.14. The van der Waals surface area contributed by atoms with Crippen molar-refractivity contribution < 1.29 is 0 Å². The minimum absolute atomic E-state index is 0.208. The Labute approximate surface area is 103 Å². The van der Waals surface area contributed by atoms with Gasteiger partial charge in [-0.3, -0.25) is 0 Å². The first kappa shape index (κ1) is 12.1. The molecule has 0 fully saturated rings. The molecule has 0 aromatic carbocycles. The van der Waals surface area contributed by atoms with Crippen LogP contribution < -0.4 is 5.73 Å². The van der Waals surface area contributed by atoms with E-state index in [1.165, 1.54) is 18.3 Å². The predicted molar refractivity (Wildman–Crippen MR) is 71.2 cm³/mol. The summed E-state index contributed by atoms with van der Waals surface area (Å²) in [4.78, 5) is 8.16. The topological polar surface area (TPSA) is 51.8 Å². The van der Waals surface area contributed by atoms with Gasteiger partial charge in [0.15, 0.2) is 0 Å². The molecule has 3 nitrogen and oxygen atoms in total. The molecule has 0 saturated heterocycles. The van der Waals surface area contributed by atoms with Gasteiger partial charge in [0.2, 0.25) is 0 Å². The number of aromatic nitrogens is 2. The average Bonchev–Trinajstić information content (AvgIpc) is 2.13.